The van der Waals surface area contributed by atoms with Crippen molar-refractivity contribution in [2.24, 2.45) is 5.92 Å². The molecule has 1 aromatic heterocycles. The molecule has 1 saturated heterocycles. The summed E-state index contributed by atoms with van der Waals surface area (Å²) in [7, 11) is 0. The Morgan fingerprint density at radius 1 is 1.43 bits per heavy atom. The summed E-state index contributed by atoms with van der Waals surface area (Å²) >= 11 is 0. The molecule has 0 aromatic carbocycles. The molecule has 1 saturated carbocycles. The number of hydrogen-bond acceptors (Lipinski definition) is 6. The lowest BCUT2D eigenvalue weighted by Crippen LogP contribution is -2.43. The van der Waals surface area contributed by atoms with Crippen molar-refractivity contribution in [3.63, 3.8) is 0 Å². The van der Waals surface area contributed by atoms with Crippen LogP contribution in [0.5, 0.6) is 0 Å². The van der Waals surface area contributed by atoms with Gasteiger partial charge in [0.15, 0.2) is 5.69 Å². The molecule has 0 spiro atoms. The number of ether oxygens (including phenoxy) is 1. The van der Waals surface area contributed by atoms with Gasteiger partial charge in [-0.05, 0) is 45.1 Å². The third-order valence-corrected chi connectivity index (χ3v) is 4.13. The molecular weight excluding hydrogens is 270 g/mol. The predicted molar refractivity (Wildman–Crippen MR) is 78.4 cm³/mol. The van der Waals surface area contributed by atoms with E-state index in [1.165, 1.54) is 19.1 Å². The van der Waals surface area contributed by atoms with E-state index in [0.29, 0.717) is 18.7 Å². The molecule has 6 heteroatoms. The van der Waals surface area contributed by atoms with E-state index in [1.807, 2.05) is 0 Å². The summed E-state index contributed by atoms with van der Waals surface area (Å²) in [6, 6.07) is 1.13. The summed E-state index contributed by atoms with van der Waals surface area (Å²) in [6.07, 6.45) is 6.33. The maximum atomic E-state index is 11.6. The summed E-state index contributed by atoms with van der Waals surface area (Å²) in [5.41, 5.74) is 0.251. The van der Waals surface area contributed by atoms with Crippen LogP contribution in [0.2, 0.25) is 0 Å². The number of carbonyl (C=O) groups is 1. The lowest BCUT2D eigenvalue weighted by Gasteiger charge is -2.31. The van der Waals surface area contributed by atoms with Crippen molar-refractivity contribution < 1.29 is 13.9 Å². The second kappa shape index (κ2) is 6.47. The maximum absolute atomic E-state index is 11.6. The number of esters is 1. The molecule has 116 valence electrons. The molecule has 0 amide bonds. The van der Waals surface area contributed by atoms with Gasteiger partial charge in [-0.3, -0.25) is 0 Å². The first-order valence-corrected chi connectivity index (χ1v) is 7.87. The SMILES string of the molecule is CCOC(=O)c1coc(N2CCC(NCC3CC3)CC2)n1. The van der Waals surface area contributed by atoms with Crippen LogP contribution in [0.25, 0.3) is 0 Å². The van der Waals surface area contributed by atoms with E-state index in [9.17, 15) is 4.79 Å². The largest absolute Gasteiger partial charge is 0.461 e. The standard InChI is InChI=1S/C15H23N3O3/c1-2-20-14(19)13-10-21-15(17-13)18-7-5-12(6-8-18)16-9-11-3-4-11/h10-12,16H,2-9H2,1H3. The quantitative estimate of drug-likeness (QED) is 0.807. The summed E-state index contributed by atoms with van der Waals surface area (Å²) in [6.45, 7) is 5.10. The summed E-state index contributed by atoms with van der Waals surface area (Å²) in [4.78, 5) is 17.9. The predicted octanol–water partition coefficient (Wildman–Crippen LogP) is 1.82. The van der Waals surface area contributed by atoms with Crippen molar-refractivity contribution in [3.05, 3.63) is 12.0 Å². The Balaban J connectivity index is 1.48. The second-order valence-corrected chi connectivity index (χ2v) is 5.85. The molecule has 2 heterocycles. The Kier molecular flexibility index (Phi) is 4.43. The molecule has 2 fully saturated rings. The molecule has 1 aromatic rings. The number of anilines is 1. The van der Waals surface area contributed by atoms with Gasteiger partial charge in [-0.25, -0.2) is 4.79 Å². The Bertz CT molecular complexity index is 476. The molecule has 0 atom stereocenters. The van der Waals surface area contributed by atoms with Gasteiger partial charge in [-0.2, -0.15) is 4.98 Å². The topological polar surface area (TPSA) is 67.6 Å². The van der Waals surface area contributed by atoms with Crippen molar-refractivity contribution in [2.45, 2.75) is 38.6 Å². The highest BCUT2D eigenvalue weighted by atomic mass is 16.5. The van der Waals surface area contributed by atoms with Crippen molar-refractivity contribution in [3.8, 4) is 0 Å². The normalized spacial score (nSPS) is 19.8. The maximum Gasteiger partial charge on any atom is 0.360 e. The van der Waals surface area contributed by atoms with Crippen LogP contribution in [-0.4, -0.2) is 43.2 Å². The van der Waals surface area contributed by atoms with Crippen LogP contribution < -0.4 is 10.2 Å². The van der Waals surface area contributed by atoms with Gasteiger partial charge in [0.05, 0.1) is 6.61 Å². The summed E-state index contributed by atoms with van der Waals surface area (Å²) < 4.78 is 10.3. The molecule has 0 unspecified atom stereocenters. The van der Waals surface area contributed by atoms with Crippen LogP contribution in [0.4, 0.5) is 6.01 Å². The van der Waals surface area contributed by atoms with Gasteiger partial charge in [-0.15, -0.1) is 0 Å². The molecular formula is C15H23N3O3. The van der Waals surface area contributed by atoms with Crippen molar-refractivity contribution in [2.75, 3.05) is 31.1 Å². The average molecular weight is 293 g/mol. The van der Waals surface area contributed by atoms with Gasteiger partial charge in [0, 0.05) is 19.1 Å². The van der Waals surface area contributed by atoms with Crippen LogP contribution in [-0.2, 0) is 4.74 Å². The van der Waals surface area contributed by atoms with Gasteiger partial charge in [0.2, 0.25) is 0 Å². The Morgan fingerprint density at radius 3 is 2.86 bits per heavy atom. The van der Waals surface area contributed by atoms with E-state index in [2.05, 4.69) is 15.2 Å². The van der Waals surface area contributed by atoms with Gasteiger partial charge in [0.25, 0.3) is 6.01 Å². The summed E-state index contributed by atoms with van der Waals surface area (Å²) in [5, 5.41) is 3.64. The molecule has 21 heavy (non-hydrogen) atoms. The zero-order valence-electron chi connectivity index (χ0n) is 12.5. The Hall–Kier alpha value is -1.56. The number of hydrogen-bond donors (Lipinski definition) is 1. The van der Waals surface area contributed by atoms with E-state index in [4.69, 9.17) is 9.15 Å². The number of carbonyl (C=O) groups excluding carboxylic acids is 1. The monoisotopic (exact) mass is 293 g/mol. The van der Waals surface area contributed by atoms with E-state index < -0.39 is 5.97 Å². The Labute approximate surface area is 124 Å². The Morgan fingerprint density at radius 2 is 2.19 bits per heavy atom. The van der Waals surface area contributed by atoms with Crippen LogP contribution in [0, 0.1) is 5.92 Å². The number of aromatic nitrogens is 1. The molecule has 2 aliphatic rings. The number of piperidine rings is 1. The van der Waals surface area contributed by atoms with Crippen LogP contribution in [0.3, 0.4) is 0 Å². The second-order valence-electron chi connectivity index (χ2n) is 5.85. The average Bonchev–Trinajstić information content (AvgIpc) is 3.20. The van der Waals surface area contributed by atoms with E-state index in [-0.39, 0.29) is 5.69 Å². The molecule has 1 aliphatic carbocycles. The van der Waals surface area contributed by atoms with Crippen LogP contribution in [0.15, 0.2) is 10.7 Å². The van der Waals surface area contributed by atoms with Crippen LogP contribution in [0.1, 0.15) is 43.1 Å². The zero-order valence-corrected chi connectivity index (χ0v) is 12.5. The highest BCUT2D eigenvalue weighted by Gasteiger charge is 2.26. The lowest BCUT2D eigenvalue weighted by atomic mass is 10.1. The minimum Gasteiger partial charge on any atom is -0.461 e. The first-order valence-electron chi connectivity index (χ1n) is 7.87. The molecule has 6 nitrogen and oxygen atoms in total. The van der Waals surface area contributed by atoms with Crippen molar-refractivity contribution in [1.82, 2.24) is 10.3 Å². The number of nitrogens with zero attached hydrogens (tertiary/aromatic N) is 2. The van der Waals surface area contributed by atoms with Gasteiger partial charge < -0.3 is 19.4 Å². The van der Waals surface area contributed by atoms with Gasteiger partial charge in [0.1, 0.15) is 6.26 Å². The number of nitrogens with one attached hydrogen (secondary N) is 1. The highest BCUT2D eigenvalue weighted by Crippen LogP contribution is 2.28. The third-order valence-electron chi connectivity index (χ3n) is 4.13. The van der Waals surface area contributed by atoms with Gasteiger partial charge in [-0.1, -0.05) is 0 Å². The highest BCUT2D eigenvalue weighted by molar-refractivity contribution is 5.87. The van der Waals surface area contributed by atoms with Gasteiger partial charge >= 0.3 is 5.97 Å². The van der Waals surface area contributed by atoms with Crippen molar-refractivity contribution >= 4 is 12.0 Å². The molecule has 1 N–H and O–H groups in total. The fraction of sp³-hybridized carbons (Fsp3) is 0.733. The fourth-order valence-electron chi connectivity index (χ4n) is 2.64. The molecule has 0 bridgehead atoms. The third kappa shape index (κ3) is 3.75. The minimum atomic E-state index is -0.423. The van der Waals surface area contributed by atoms with E-state index in [0.717, 1.165) is 38.4 Å². The zero-order chi connectivity index (χ0) is 14.7. The summed E-state index contributed by atoms with van der Waals surface area (Å²) in [5.74, 6) is 0.496. The number of oxazole rings is 1. The van der Waals surface area contributed by atoms with E-state index >= 15 is 0 Å². The smallest absolute Gasteiger partial charge is 0.360 e. The fourth-order valence-corrected chi connectivity index (χ4v) is 2.64. The van der Waals surface area contributed by atoms with Crippen LogP contribution >= 0.6 is 0 Å². The lowest BCUT2D eigenvalue weighted by molar-refractivity contribution is 0.0519. The first-order chi connectivity index (χ1) is 10.3. The minimum absolute atomic E-state index is 0.251. The van der Waals surface area contributed by atoms with E-state index in [1.54, 1.807) is 6.92 Å². The van der Waals surface area contributed by atoms with Crippen molar-refractivity contribution in [1.29, 1.82) is 0 Å². The number of rotatable bonds is 6. The first kappa shape index (κ1) is 14.4. The molecule has 3 rings (SSSR count). The molecule has 0 radical (unpaired) electrons. The molecule has 1 aliphatic heterocycles.